The lowest BCUT2D eigenvalue weighted by Gasteiger charge is -2.42. The lowest BCUT2D eigenvalue weighted by molar-refractivity contribution is -0.143. The number of piperazine rings is 1. The summed E-state index contributed by atoms with van der Waals surface area (Å²) < 4.78 is 0. The summed E-state index contributed by atoms with van der Waals surface area (Å²) >= 11 is 0. The maximum atomic E-state index is 12.3. The summed E-state index contributed by atoms with van der Waals surface area (Å²) in [5, 5.41) is 10.0. The SMILES string of the molecule is O=C1NC2(CC[N]CC2)C(=O)NC1c1ccccc1. The second-order valence-corrected chi connectivity index (χ2v) is 5.06. The quantitative estimate of drug-likeness (QED) is 0.750. The number of rotatable bonds is 1. The number of nitrogens with one attached hydrogen (secondary N) is 2. The molecule has 2 saturated heterocycles. The maximum Gasteiger partial charge on any atom is 0.248 e. The number of hydrogen-bond donors (Lipinski definition) is 2. The van der Waals surface area contributed by atoms with Crippen molar-refractivity contribution in [2.75, 3.05) is 13.1 Å². The predicted octanol–water partition coefficient (Wildman–Crippen LogP) is 0.111. The molecule has 0 aromatic heterocycles. The molecule has 2 aliphatic rings. The zero-order valence-electron chi connectivity index (χ0n) is 10.6. The Morgan fingerprint density at radius 3 is 2.47 bits per heavy atom. The summed E-state index contributed by atoms with van der Waals surface area (Å²) in [5.41, 5.74) is 0.0631. The molecular formula is C14H16N3O2. The molecule has 1 atom stereocenters. The third-order valence-corrected chi connectivity index (χ3v) is 3.86. The normalized spacial score (nSPS) is 25.8. The van der Waals surface area contributed by atoms with Gasteiger partial charge < -0.3 is 10.6 Å². The lowest BCUT2D eigenvalue weighted by atomic mass is 9.84. The predicted molar refractivity (Wildman–Crippen MR) is 69.3 cm³/mol. The molecule has 1 aromatic rings. The number of nitrogens with zero attached hydrogens (tertiary/aromatic N) is 1. The second-order valence-electron chi connectivity index (χ2n) is 5.06. The molecule has 3 rings (SSSR count). The van der Waals surface area contributed by atoms with Crippen molar-refractivity contribution in [2.24, 2.45) is 0 Å². The van der Waals surface area contributed by atoms with Crippen molar-refractivity contribution in [3.05, 3.63) is 35.9 Å². The molecule has 5 heteroatoms. The molecule has 1 unspecified atom stereocenters. The molecule has 2 heterocycles. The van der Waals surface area contributed by atoms with Crippen molar-refractivity contribution in [3.63, 3.8) is 0 Å². The molecule has 0 aliphatic carbocycles. The number of amides is 2. The molecule has 2 amide bonds. The van der Waals surface area contributed by atoms with Crippen LogP contribution in [0.25, 0.3) is 0 Å². The van der Waals surface area contributed by atoms with E-state index in [1.54, 1.807) is 0 Å². The molecule has 19 heavy (non-hydrogen) atoms. The van der Waals surface area contributed by atoms with Crippen LogP contribution >= 0.6 is 0 Å². The summed E-state index contributed by atoms with van der Waals surface area (Å²) in [5.74, 6) is -0.219. The van der Waals surface area contributed by atoms with Crippen molar-refractivity contribution in [2.45, 2.75) is 24.4 Å². The Labute approximate surface area is 111 Å². The van der Waals surface area contributed by atoms with Crippen molar-refractivity contribution >= 4 is 11.8 Å². The van der Waals surface area contributed by atoms with E-state index in [4.69, 9.17) is 0 Å². The molecule has 2 N–H and O–H groups in total. The van der Waals surface area contributed by atoms with E-state index in [0.717, 1.165) is 5.56 Å². The van der Waals surface area contributed by atoms with E-state index in [-0.39, 0.29) is 11.8 Å². The van der Waals surface area contributed by atoms with Gasteiger partial charge in [0.1, 0.15) is 11.6 Å². The van der Waals surface area contributed by atoms with Crippen molar-refractivity contribution in [1.82, 2.24) is 16.0 Å². The van der Waals surface area contributed by atoms with Gasteiger partial charge in [0.05, 0.1) is 0 Å². The molecule has 99 valence electrons. The fourth-order valence-corrected chi connectivity index (χ4v) is 2.71. The van der Waals surface area contributed by atoms with Crippen LogP contribution in [0.15, 0.2) is 30.3 Å². The smallest absolute Gasteiger partial charge is 0.248 e. The van der Waals surface area contributed by atoms with E-state index in [1.807, 2.05) is 30.3 Å². The van der Waals surface area contributed by atoms with Gasteiger partial charge in [0.25, 0.3) is 0 Å². The third-order valence-electron chi connectivity index (χ3n) is 3.86. The first-order valence-corrected chi connectivity index (χ1v) is 6.52. The largest absolute Gasteiger partial charge is 0.340 e. The number of carbonyl (C=O) groups excluding carboxylic acids is 2. The lowest BCUT2D eigenvalue weighted by Crippen LogP contribution is -2.68. The minimum Gasteiger partial charge on any atom is -0.340 e. The Hall–Kier alpha value is -1.88. The van der Waals surface area contributed by atoms with Crippen molar-refractivity contribution in [1.29, 1.82) is 0 Å². The Kier molecular flexibility index (Phi) is 2.98. The number of carbonyl (C=O) groups is 2. The fraction of sp³-hybridized carbons (Fsp3) is 0.429. The van der Waals surface area contributed by atoms with Gasteiger partial charge in [-0.05, 0) is 18.4 Å². The van der Waals surface area contributed by atoms with Crippen LogP contribution < -0.4 is 16.0 Å². The third kappa shape index (κ3) is 2.10. The highest BCUT2D eigenvalue weighted by molar-refractivity contribution is 6.00. The van der Waals surface area contributed by atoms with E-state index in [2.05, 4.69) is 16.0 Å². The van der Waals surface area contributed by atoms with E-state index in [0.29, 0.717) is 25.9 Å². The number of hydrogen-bond acceptors (Lipinski definition) is 2. The van der Waals surface area contributed by atoms with Crippen LogP contribution in [-0.4, -0.2) is 30.4 Å². The average Bonchev–Trinajstić information content (AvgIpc) is 2.45. The van der Waals surface area contributed by atoms with Crippen LogP contribution in [-0.2, 0) is 9.59 Å². The Morgan fingerprint density at radius 2 is 1.79 bits per heavy atom. The van der Waals surface area contributed by atoms with E-state index in [9.17, 15) is 9.59 Å². The minimum atomic E-state index is -0.746. The summed E-state index contributed by atoms with van der Waals surface area (Å²) in [7, 11) is 0. The Morgan fingerprint density at radius 1 is 1.11 bits per heavy atom. The van der Waals surface area contributed by atoms with Crippen molar-refractivity contribution in [3.8, 4) is 0 Å². The van der Waals surface area contributed by atoms with Gasteiger partial charge in [-0.3, -0.25) is 9.59 Å². The second kappa shape index (κ2) is 4.66. The van der Waals surface area contributed by atoms with Crippen molar-refractivity contribution < 1.29 is 9.59 Å². The van der Waals surface area contributed by atoms with Gasteiger partial charge in [-0.1, -0.05) is 30.3 Å². The van der Waals surface area contributed by atoms with Gasteiger partial charge >= 0.3 is 0 Å². The van der Waals surface area contributed by atoms with Crippen LogP contribution in [0.3, 0.4) is 0 Å². The van der Waals surface area contributed by atoms with Gasteiger partial charge in [0, 0.05) is 13.1 Å². The molecule has 5 nitrogen and oxygen atoms in total. The van der Waals surface area contributed by atoms with Crippen LogP contribution in [0.2, 0.25) is 0 Å². The molecule has 1 aromatic carbocycles. The summed E-state index contributed by atoms with van der Waals surface area (Å²) in [6, 6.07) is 8.71. The number of benzene rings is 1. The van der Waals surface area contributed by atoms with Gasteiger partial charge in [-0.25, -0.2) is 5.32 Å². The van der Waals surface area contributed by atoms with E-state index in [1.165, 1.54) is 0 Å². The first-order valence-electron chi connectivity index (χ1n) is 6.52. The monoisotopic (exact) mass is 258 g/mol. The first kappa shape index (κ1) is 12.2. The molecule has 0 bridgehead atoms. The highest BCUT2D eigenvalue weighted by Crippen LogP contribution is 2.26. The molecule has 1 spiro atoms. The Bertz CT molecular complexity index is 495. The fourth-order valence-electron chi connectivity index (χ4n) is 2.71. The molecular weight excluding hydrogens is 242 g/mol. The van der Waals surface area contributed by atoms with Gasteiger partial charge in [0.2, 0.25) is 11.8 Å². The average molecular weight is 258 g/mol. The number of piperidine rings is 1. The molecule has 1 radical (unpaired) electrons. The standard InChI is InChI=1S/C14H16N3O2/c18-12-11(10-4-2-1-3-5-10)16-13(19)14(17-12)6-8-15-9-7-14/h1-5,11H,6-9H2,(H,16,19)(H,17,18). The molecule has 0 saturated carbocycles. The van der Waals surface area contributed by atoms with Gasteiger partial charge in [-0.15, -0.1) is 0 Å². The van der Waals surface area contributed by atoms with E-state index >= 15 is 0 Å². The summed E-state index contributed by atoms with van der Waals surface area (Å²) in [4.78, 5) is 24.6. The zero-order chi connectivity index (χ0) is 13.3. The van der Waals surface area contributed by atoms with Crippen LogP contribution in [0, 0.1) is 0 Å². The topological polar surface area (TPSA) is 72.3 Å². The van der Waals surface area contributed by atoms with Crippen LogP contribution in [0.5, 0.6) is 0 Å². The minimum absolute atomic E-state index is 0.0872. The van der Waals surface area contributed by atoms with Crippen LogP contribution in [0.1, 0.15) is 24.4 Å². The maximum absolute atomic E-state index is 12.3. The van der Waals surface area contributed by atoms with Gasteiger partial charge in [0.15, 0.2) is 0 Å². The Balaban J connectivity index is 1.83. The summed E-state index contributed by atoms with van der Waals surface area (Å²) in [6.07, 6.45) is 1.18. The first-order chi connectivity index (χ1) is 9.21. The molecule has 2 fully saturated rings. The molecule has 2 aliphatic heterocycles. The highest BCUT2D eigenvalue weighted by atomic mass is 16.2. The van der Waals surface area contributed by atoms with E-state index < -0.39 is 11.6 Å². The highest BCUT2D eigenvalue weighted by Gasteiger charge is 2.47. The van der Waals surface area contributed by atoms with Crippen LogP contribution in [0.4, 0.5) is 0 Å². The summed E-state index contributed by atoms with van der Waals surface area (Å²) in [6.45, 7) is 1.26. The van der Waals surface area contributed by atoms with Gasteiger partial charge in [-0.2, -0.15) is 0 Å². The zero-order valence-corrected chi connectivity index (χ0v) is 10.6.